The van der Waals surface area contributed by atoms with Crippen LogP contribution in [0.4, 0.5) is 0 Å². The number of benzene rings is 3. The normalized spacial score (nSPS) is 20.9. The van der Waals surface area contributed by atoms with Crippen LogP contribution in [0.5, 0.6) is 0 Å². The van der Waals surface area contributed by atoms with E-state index in [1.807, 2.05) is 18.2 Å². The van der Waals surface area contributed by atoms with Gasteiger partial charge in [0.2, 0.25) is 6.29 Å². The molecule has 1 fully saturated rings. The molecule has 0 amide bonds. The Morgan fingerprint density at radius 1 is 0.889 bits per heavy atom. The van der Waals surface area contributed by atoms with E-state index < -0.39 is 26.7 Å². The van der Waals surface area contributed by atoms with Crippen LogP contribution >= 0.6 is 0 Å². The number of rotatable bonds is 7. The summed E-state index contributed by atoms with van der Waals surface area (Å²) in [5, 5.41) is 12.9. The summed E-state index contributed by atoms with van der Waals surface area (Å²) in [5.41, 5.74) is 0.428. The molecule has 4 rings (SSSR count). The summed E-state index contributed by atoms with van der Waals surface area (Å²) >= 11 is 0. The summed E-state index contributed by atoms with van der Waals surface area (Å²) in [4.78, 5) is 12.7. The highest BCUT2D eigenvalue weighted by molar-refractivity contribution is 6.99. The molecule has 190 valence electrons. The fourth-order valence-electron chi connectivity index (χ4n) is 5.00. The quantitative estimate of drug-likeness (QED) is 0.374. The van der Waals surface area contributed by atoms with Crippen molar-refractivity contribution in [2.24, 2.45) is 0 Å². The van der Waals surface area contributed by atoms with E-state index in [2.05, 4.69) is 69.3 Å². The SMILES string of the molecule is CC(C)(C)[Si](OC[C@@H]1CCC[C@@H](O)C(OC(=O)c2ccccc2)O1)(c1ccccc1)c1ccccc1. The van der Waals surface area contributed by atoms with Gasteiger partial charge in [0.15, 0.2) is 0 Å². The molecule has 1 aliphatic rings. The fraction of sp³-hybridized carbons (Fsp3) is 0.367. The van der Waals surface area contributed by atoms with Crippen molar-refractivity contribution < 1.29 is 23.8 Å². The van der Waals surface area contributed by atoms with Crippen LogP contribution < -0.4 is 10.4 Å². The van der Waals surface area contributed by atoms with E-state index in [1.165, 1.54) is 10.4 Å². The van der Waals surface area contributed by atoms with Gasteiger partial charge in [0.1, 0.15) is 6.10 Å². The maximum atomic E-state index is 12.7. The highest BCUT2D eigenvalue weighted by Crippen LogP contribution is 2.37. The molecule has 3 aromatic carbocycles. The first-order valence-corrected chi connectivity index (χ1v) is 14.6. The lowest BCUT2D eigenvalue weighted by Crippen LogP contribution is -2.67. The highest BCUT2D eigenvalue weighted by Gasteiger charge is 2.50. The lowest BCUT2D eigenvalue weighted by molar-refractivity contribution is -0.186. The first-order chi connectivity index (χ1) is 17.3. The zero-order valence-electron chi connectivity index (χ0n) is 21.3. The summed E-state index contributed by atoms with van der Waals surface area (Å²) in [6.45, 7) is 7.06. The van der Waals surface area contributed by atoms with Crippen LogP contribution in [-0.4, -0.2) is 44.5 Å². The van der Waals surface area contributed by atoms with Crippen molar-refractivity contribution >= 4 is 24.7 Å². The van der Waals surface area contributed by atoms with Crippen molar-refractivity contribution in [1.29, 1.82) is 0 Å². The average Bonchev–Trinajstić information content (AvgIpc) is 3.06. The third kappa shape index (κ3) is 5.79. The molecule has 1 heterocycles. The zero-order valence-corrected chi connectivity index (χ0v) is 22.3. The number of carbonyl (C=O) groups excluding carboxylic acids is 1. The van der Waals surface area contributed by atoms with Crippen molar-refractivity contribution in [3.05, 3.63) is 96.6 Å². The molecule has 3 aromatic rings. The summed E-state index contributed by atoms with van der Waals surface area (Å²) in [5.74, 6) is -0.506. The Morgan fingerprint density at radius 3 is 1.94 bits per heavy atom. The predicted molar refractivity (Wildman–Crippen MR) is 144 cm³/mol. The van der Waals surface area contributed by atoms with Gasteiger partial charge in [0, 0.05) is 0 Å². The van der Waals surface area contributed by atoms with E-state index in [4.69, 9.17) is 13.9 Å². The van der Waals surface area contributed by atoms with Gasteiger partial charge in [-0.25, -0.2) is 4.79 Å². The molecular formula is C30H36O5Si. The molecule has 0 saturated carbocycles. The molecule has 0 bridgehead atoms. The Bertz CT molecular complexity index is 1060. The molecule has 36 heavy (non-hydrogen) atoms. The van der Waals surface area contributed by atoms with Crippen LogP contribution in [-0.2, 0) is 13.9 Å². The van der Waals surface area contributed by atoms with Gasteiger partial charge in [-0.15, -0.1) is 0 Å². The number of esters is 1. The van der Waals surface area contributed by atoms with Gasteiger partial charge < -0.3 is 19.0 Å². The monoisotopic (exact) mass is 504 g/mol. The number of ether oxygens (including phenoxy) is 2. The Hall–Kier alpha value is -2.77. The van der Waals surface area contributed by atoms with Crippen molar-refractivity contribution in [1.82, 2.24) is 0 Å². The fourth-order valence-corrected chi connectivity index (χ4v) is 9.59. The van der Waals surface area contributed by atoms with Crippen molar-refractivity contribution in [3.63, 3.8) is 0 Å². The smallest absolute Gasteiger partial charge is 0.340 e. The van der Waals surface area contributed by atoms with Crippen LogP contribution in [0.25, 0.3) is 0 Å². The van der Waals surface area contributed by atoms with E-state index in [-0.39, 0.29) is 11.1 Å². The average molecular weight is 505 g/mol. The molecule has 3 atom stereocenters. The molecule has 1 unspecified atom stereocenters. The van der Waals surface area contributed by atoms with Gasteiger partial charge in [-0.05, 0) is 46.8 Å². The number of carbonyl (C=O) groups is 1. The van der Waals surface area contributed by atoms with Gasteiger partial charge in [-0.2, -0.15) is 0 Å². The largest absolute Gasteiger partial charge is 0.429 e. The summed E-state index contributed by atoms with van der Waals surface area (Å²) in [6, 6.07) is 29.7. The van der Waals surface area contributed by atoms with E-state index >= 15 is 0 Å². The molecule has 1 N–H and O–H groups in total. The molecule has 1 saturated heterocycles. The van der Waals surface area contributed by atoms with E-state index in [1.54, 1.807) is 24.3 Å². The third-order valence-electron chi connectivity index (χ3n) is 6.80. The number of aliphatic hydroxyl groups is 1. The lowest BCUT2D eigenvalue weighted by atomic mass is 10.1. The number of hydrogen-bond acceptors (Lipinski definition) is 5. The minimum Gasteiger partial charge on any atom is -0.429 e. The molecule has 0 aromatic heterocycles. The standard InChI is InChI=1S/C30H36O5Si/c1-30(2,3)36(25-17-9-5-10-18-25,26-19-11-6-12-20-26)33-22-24-16-13-21-27(31)29(34-24)35-28(32)23-14-7-4-8-15-23/h4-12,14-15,17-20,24,27,29,31H,13,16,21-22H2,1-3H3/t24-,27+,29?/m0/s1. The maximum Gasteiger partial charge on any atom is 0.340 e. The second kappa shape index (κ2) is 11.5. The van der Waals surface area contributed by atoms with Crippen molar-refractivity contribution in [3.8, 4) is 0 Å². The molecule has 1 aliphatic heterocycles. The first-order valence-electron chi connectivity index (χ1n) is 12.7. The Morgan fingerprint density at radius 2 is 1.42 bits per heavy atom. The van der Waals surface area contributed by atoms with Crippen molar-refractivity contribution in [2.45, 2.75) is 63.6 Å². The topological polar surface area (TPSA) is 65.0 Å². The highest BCUT2D eigenvalue weighted by atomic mass is 28.4. The van der Waals surface area contributed by atoms with Crippen LogP contribution in [0, 0.1) is 0 Å². The van der Waals surface area contributed by atoms with Crippen LogP contribution in [0.15, 0.2) is 91.0 Å². The number of hydrogen-bond donors (Lipinski definition) is 1. The Balaban J connectivity index is 1.58. The van der Waals surface area contributed by atoms with Crippen LogP contribution in [0.3, 0.4) is 0 Å². The molecule has 0 aliphatic carbocycles. The molecule has 0 spiro atoms. The second-order valence-electron chi connectivity index (χ2n) is 10.4. The van der Waals surface area contributed by atoms with E-state index in [0.29, 0.717) is 25.0 Å². The molecule has 6 heteroatoms. The van der Waals surface area contributed by atoms with Gasteiger partial charge >= 0.3 is 5.97 Å². The molecule has 0 radical (unpaired) electrons. The maximum absolute atomic E-state index is 12.7. The van der Waals surface area contributed by atoms with E-state index in [0.717, 1.165) is 6.42 Å². The van der Waals surface area contributed by atoms with Gasteiger partial charge in [-0.1, -0.05) is 99.6 Å². The lowest BCUT2D eigenvalue weighted by Gasteiger charge is -2.43. The predicted octanol–water partition coefficient (Wildman–Crippen LogP) is 4.68. The summed E-state index contributed by atoms with van der Waals surface area (Å²) in [7, 11) is -2.72. The third-order valence-corrected chi connectivity index (χ3v) is 11.8. The van der Waals surface area contributed by atoms with Gasteiger partial charge in [0.25, 0.3) is 8.32 Å². The summed E-state index contributed by atoms with van der Waals surface area (Å²) < 4.78 is 18.8. The van der Waals surface area contributed by atoms with Gasteiger partial charge in [-0.3, -0.25) is 0 Å². The Labute approximate surface area is 215 Å². The Kier molecular flexibility index (Phi) is 8.41. The number of aliphatic hydroxyl groups excluding tert-OH is 1. The first kappa shape index (κ1) is 26.3. The van der Waals surface area contributed by atoms with Crippen LogP contribution in [0.2, 0.25) is 5.04 Å². The van der Waals surface area contributed by atoms with Crippen LogP contribution in [0.1, 0.15) is 50.4 Å². The minimum absolute atomic E-state index is 0.154. The van der Waals surface area contributed by atoms with Gasteiger partial charge in [0.05, 0.1) is 18.3 Å². The van der Waals surface area contributed by atoms with Crippen molar-refractivity contribution in [2.75, 3.05) is 6.61 Å². The zero-order chi connectivity index (χ0) is 25.6. The second-order valence-corrected chi connectivity index (χ2v) is 14.7. The molecule has 5 nitrogen and oxygen atoms in total. The summed E-state index contributed by atoms with van der Waals surface area (Å²) in [6.07, 6.45) is -0.243. The minimum atomic E-state index is -2.72. The van der Waals surface area contributed by atoms with E-state index in [9.17, 15) is 9.90 Å². The molecular weight excluding hydrogens is 468 g/mol.